The topological polar surface area (TPSA) is 64.7 Å². The van der Waals surface area contributed by atoms with Crippen molar-refractivity contribution in [1.29, 1.82) is 0 Å². The second-order valence-corrected chi connectivity index (χ2v) is 4.07. The van der Waals surface area contributed by atoms with Gasteiger partial charge in [-0.15, -0.1) is 0 Å². The summed E-state index contributed by atoms with van der Waals surface area (Å²) < 4.78 is 0. The standard InChI is InChI=1S/C14H12N4/c1-9-17-12-7-4-5-10(13(12)14(15)18-9)11-6-2-3-8-16-11/h2-8H,1H3,(H2,15,17,18). The van der Waals surface area contributed by atoms with Crippen LogP contribution in [0.1, 0.15) is 5.82 Å². The number of fused-ring (bicyclic) bond motifs is 1. The van der Waals surface area contributed by atoms with E-state index in [9.17, 15) is 0 Å². The van der Waals surface area contributed by atoms with Crippen molar-refractivity contribution in [2.75, 3.05) is 5.73 Å². The average molecular weight is 236 g/mol. The molecule has 3 aromatic rings. The number of benzene rings is 1. The second-order valence-electron chi connectivity index (χ2n) is 4.07. The SMILES string of the molecule is Cc1nc(N)c2c(-c3ccccn3)cccc2n1. The van der Waals surface area contributed by atoms with Gasteiger partial charge in [-0.1, -0.05) is 18.2 Å². The van der Waals surface area contributed by atoms with E-state index in [-0.39, 0.29) is 0 Å². The third kappa shape index (κ3) is 1.68. The lowest BCUT2D eigenvalue weighted by Crippen LogP contribution is -1.99. The van der Waals surface area contributed by atoms with Crippen molar-refractivity contribution in [3.05, 3.63) is 48.4 Å². The number of hydrogen-bond acceptors (Lipinski definition) is 4. The minimum Gasteiger partial charge on any atom is -0.383 e. The molecule has 0 aliphatic carbocycles. The number of pyridine rings is 1. The van der Waals surface area contributed by atoms with Crippen LogP contribution in [0.15, 0.2) is 42.6 Å². The third-order valence-corrected chi connectivity index (χ3v) is 2.80. The Balaban J connectivity index is 2.37. The van der Waals surface area contributed by atoms with Crippen molar-refractivity contribution in [3.8, 4) is 11.3 Å². The molecule has 88 valence electrons. The molecule has 0 aliphatic rings. The summed E-state index contributed by atoms with van der Waals surface area (Å²) in [5.41, 5.74) is 8.71. The van der Waals surface area contributed by atoms with Crippen LogP contribution in [0.5, 0.6) is 0 Å². The van der Waals surface area contributed by atoms with E-state index in [2.05, 4.69) is 15.0 Å². The predicted octanol–water partition coefficient (Wildman–Crippen LogP) is 2.58. The van der Waals surface area contributed by atoms with Crippen LogP contribution in [-0.2, 0) is 0 Å². The second kappa shape index (κ2) is 4.07. The van der Waals surface area contributed by atoms with Crippen LogP contribution in [-0.4, -0.2) is 15.0 Å². The molecular weight excluding hydrogens is 224 g/mol. The summed E-state index contributed by atoms with van der Waals surface area (Å²) in [6.07, 6.45) is 1.76. The van der Waals surface area contributed by atoms with Crippen molar-refractivity contribution in [1.82, 2.24) is 15.0 Å². The first-order valence-corrected chi connectivity index (χ1v) is 5.70. The van der Waals surface area contributed by atoms with Crippen molar-refractivity contribution in [2.45, 2.75) is 6.92 Å². The number of nitrogens with two attached hydrogens (primary N) is 1. The Morgan fingerprint density at radius 2 is 1.89 bits per heavy atom. The molecule has 0 bridgehead atoms. The van der Waals surface area contributed by atoms with Crippen molar-refractivity contribution in [3.63, 3.8) is 0 Å². The van der Waals surface area contributed by atoms with Gasteiger partial charge in [0.15, 0.2) is 0 Å². The van der Waals surface area contributed by atoms with E-state index < -0.39 is 0 Å². The van der Waals surface area contributed by atoms with E-state index in [4.69, 9.17) is 5.73 Å². The number of nitrogens with zero attached hydrogens (tertiary/aromatic N) is 3. The van der Waals surface area contributed by atoms with E-state index in [1.165, 1.54) is 0 Å². The Bertz CT molecular complexity index is 708. The zero-order valence-corrected chi connectivity index (χ0v) is 9.96. The van der Waals surface area contributed by atoms with Crippen LogP contribution in [0.2, 0.25) is 0 Å². The summed E-state index contributed by atoms with van der Waals surface area (Å²) in [6.45, 7) is 1.84. The van der Waals surface area contributed by atoms with Gasteiger partial charge < -0.3 is 5.73 Å². The molecule has 0 aliphatic heterocycles. The first kappa shape index (κ1) is 10.7. The molecule has 2 heterocycles. The fourth-order valence-electron chi connectivity index (χ4n) is 2.07. The monoisotopic (exact) mass is 236 g/mol. The van der Waals surface area contributed by atoms with Gasteiger partial charge in [0.05, 0.1) is 16.6 Å². The molecule has 0 amide bonds. The van der Waals surface area contributed by atoms with Gasteiger partial charge in [-0.05, 0) is 25.1 Å². The zero-order valence-electron chi connectivity index (χ0n) is 9.96. The van der Waals surface area contributed by atoms with Crippen molar-refractivity contribution >= 4 is 16.7 Å². The van der Waals surface area contributed by atoms with E-state index in [1.807, 2.05) is 43.3 Å². The summed E-state index contributed by atoms with van der Waals surface area (Å²) in [4.78, 5) is 13.0. The van der Waals surface area contributed by atoms with Crippen LogP contribution in [0.3, 0.4) is 0 Å². The molecule has 0 spiro atoms. The minimum absolute atomic E-state index is 0.499. The summed E-state index contributed by atoms with van der Waals surface area (Å²) in [5, 5.41) is 0.863. The first-order chi connectivity index (χ1) is 8.75. The molecule has 0 saturated carbocycles. The zero-order chi connectivity index (χ0) is 12.5. The number of aromatic nitrogens is 3. The van der Waals surface area contributed by atoms with Gasteiger partial charge in [0.1, 0.15) is 11.6 Å². The molecule has 4 nitrogen and oxygen atoms in total. The summed E-state index contributed by atoms with van der Waals surface area (Å²) >= 11 is 0. The average Bonchev–Trinajstić information content (AvgIpc) is 2.38. The lowest BCUT2D eigenvalue weighted by molar-refractivity contribution is 1.10. The molecule has 0 unspecified atom stereocenters. The minimum atomic E-state index is 0.499. The maximum Gasteiger partial charge on any atom is 0.135 e. The van der Waals surface area contributed by atoms with Crippen LogP contribution >= 0.6 is 0 Å². The van der Waals surface area contributed by atoms with E-state index in [0.717, 1.165) is 22.2 Å². The molecule has 3 rings (SSSR count). The highest BCUT2D eigenvalue weighted by molar-refractivity contribution is 6.00. The molecule has 0 fully saturated rings. The van der Waals surface area contributed by atoms with Gasteiger partial charge in [-0.25, -0.2) is 9.97 Å². The lowest BCUT2D eigenvalue weighted by Gasteiger charge is -2.08. The molecule has 2 aromatic heterocycles. The quantitative estimate of drug-likeness (QED) is 0.705. The normalized spacial score (nSPS) is 10.7. The van der Waals surface area contributed by atoms with E-state index >= 15 is 0 Å². The van der Waals surface area contributed by atoms with Crippen LogP contribution < -0.4 is 5.73 Å². The highest BCUT2D eigenvalue weighted by Crippen LogP contribution is 2.29. The molecule has 18 heavy (non-hydrogen) atoms. The van der Waals surface area contributed by atoms with E-state index in [1.54, 1.807) is 6.20 Å². The Hall–Kier alpha value is -2.49. The largest absolute Gasteiger partial charge is 0.383 e. The highest BCUT2D eigenvalue weighted by Gasteiger charge is 2.09. The molecule has 1 aromatic carbocycles. The van der Waals surface area contributed by atoms with Crippen LogP contribution in [0, 0.1) is 6.92 Å². The lowest BCUT2D eigenvalue weighted by atomic mass is 10.1. The number of rotatable bonds is 1. The van der Waals surface area contributed by atoms with Gasteiger partial charge in [-0.2, -0.15) is 0 Å². The van der Waals surface area contributed by atoms with Gasteiger partial charge in [0.25, 0.3) is 0 Å². The fourth-order valence-corrected chi connectivity index (χ4v) is 2.07. The van der Waals surface area contributed by atoms with Gasteiger partial charge >= 0.3 is 0 Å². The molecule has 0 radical (unpaired) electrons. The molecular formula is C14H12N4. The number of hydrogen-bond donors (Lipinski definition) is 1. The molecule has 2 N–H and O–H groups in total. The van der Waals surface area contributed by atoms with Crippen LogP contribution in [0.4, 0.5) is 5.82 Å². The third-order valence-electron chi connectivity index (χ3n) is 2.80. The van der Waals surface area contributed by atoms with Crippen LogP contribution in [0.25, 0.3) is 22.2 Å². The van der Waals surface area contributed by atoms with Gasteiger partial charge in [-0.3, -0.25) is 4.98 Å². The summed E-state index contributed by atoms with van der Waals surface area (Å²) in [6, 6.07) is 11.7. The van der Waals surface area contributed by atoms with Gasteiger partial charge in [0, 0.05) is 11.8 Å². The summed E-state index contributed by atoms with van der Waals surface area (Å²) in [5.74, 6) is 1.18. The summed E-state index contributed by atoms with van der Waals surface area (Å²) in [7, 11) is 0. The Morgan fingerprint density at radius 1 is 1.00 bits per heavy atom. The number of anilines is 1. The first-order valence-electron chi connectivity index (χ1n) is 5.70. The number of aryl methyl sites for hydroxylation is 1. The molecule has 0 atom stereocenters. The van der Waals surface area contributed by atoms with Crippen molar-refractivity contribution < 1.29 is 0 Å². The highest BCUT2D eigenvalue weighted by atomic mass is 14.9. The van der Waals surface area contributed by atoms with Crippen molar-refractivity contribution in [2.24, 2.45) is 0 Å². The maximum atomic E-state index is 6.02. The maximum absolute atomic E-state index is 6.02. The molecule has 4 heteroatoms. The Kier molecular flexibility index (Phi) is 2.41. The fraction of sp³-hybridized carbons (Fsp3) is 0.0714. The Labute approximate surface area is 105 Å². The van der Waals surface area contributed by atoms with Gasteiger partial charge in [0.2, 0.25) is 0 Å². The number of nitrogen functional groups attached to an aromatic ring is 1. The van der Waals surface area contributed by atoms with E-state index in [0.29, 0.717) is 11.6 Å². The predicted molar refractivity (Wildman–Crippen MR) is 71.9 cm³/mol. The molecule has 0 saturated heterocycles. The smallest absolute Gasteiger partial charge is 0.135 e. The Morgan fingerprint density at radius 3 is 2.67 bits per heavy atom.